The molecular weight excluding hydrogens is 250 g/mol. The summed E-state index contributed by atoms with van der Waals surface area (Å²) in [6.45, 7) is 0.692. The number of carbonyl (C=O) groups is 1. The summed E-state index contributed by atoms with van der Waals surface area (Å²) in [5.74, 6) is -0.0417. The van der Waals surface area contributed by atoms with Crippen molar-refractivity contribution in [2.24, 2.45) is 0 Å². The van der Waals surface area contributed by atoms with Gasteiger partial charge >= 0.3 is 0 Å². The largest absolute Gasteiger partial charge is 0.388 e. The molecule has 1 heterocycles. The fourth-order valence-corrected chi connectivity index (χ4v) is 2.59. The highest BCUT2D eigenvalue weighted by Gasteiger charge is 2.18. The topological polar surface area (TPSA) is 49.3 Å². The van der Waals surface area contributed by atoms with Gasteiger partial charge in [0.15, 0.2) is 0 Å². The first-order valence-electron chi connectivity index (χ1n) is 6.87. The van der Waals surface area contributed by atoms with Crippen molar-refractivity contribution >= 4 is 5.91 Å². The second kappa shape index (κ2) is 5.47. The van der Waals surface area contributed by atoms with Gasteiger partial charge in [-0.15, -0.1) is 0 Å². The van der Waals surface area contributed by atoms with Crippen molar-refractivity contribution in [3.63, 3.8) is 0 Å². The third kappa shape index (κ3) is 2.58. The van der Waals surface area contributed by atoms with Crippen molar-refractivity contribution in [2.75, 3.05) is 6.54 Å². The summed E-state index contributed by atoms with van der Waals surface area (Å²) in [6.07, 6.45) is 0.828. The number of aliphatic hydroxyl groups excluding tert-OH is 1. The number of aliphatic hydroxyl groups is 1. The van der Waals surface area contributed by atoms with Crippen molar-refractivity contribution in [3.05, 3.63) is 70.8 Å². The van der Waals surface area contributed by atoms with E-state index < -0.39 is 6.10 Å². The predicted molar refractivity (Wildman–Crippen MR) is 77.6 cm³/mol. The van der Waals surface area contributed by atoms with Crippen LogP contribution in [0.1, 0.15) is 33.2 Å². The second-order valence-corrected chi connectivity index (χ2v) is 5.13. The Morgan fingerprint density at radius 2 is 1.95 bits per heavy atom. The lowest BCUT2D eigenvalue weighted by atomic mass is 9.94. The highest BCUT2D eigenvalue weighted by atomic mass is 16.3. The fourth-order valence-electron chi connectivity index (χ4n) is 2.59. The predicted octanol–water partition coefficient (Wildman–Crippen LogP) is 2.25. The third-order valence-electron chi connectivity index (χ3n) is 3.72. The minimum absolute atomic E-state index is 0.0417. The third-order valence-corrected chi connectivity index (χ3v) is 3.72. The molecule has 0 bridgehead atoms. The van der Waals surface area contributed by atoms with E-state index in [9.17, 15) is 9.90 Å². The molecule has 102 valence electrons. The molecule has 20 heavy (non-hydrogen) atoms. The van der Waals surface area contributed by atoms with Crippen LogP contribution in [-0.4, -0.2) is 17.6 Å². The van der Waals surface area contributed by atoms with Crippen molar-refractivity contribution in [2.45, 2.75) is 18.9 Å². The van der Waals surface area contributed by atoms with Crippen molar-refractivity contribution in [3.8, 4) is 0 Å². The van der Waals surface area contributed by atoms with Gasteiger partial charge in [0.25, 0.3) is 5.91 Å². The average Bonchev–Trinajstić information content (AvgIpc) is 2.48. The van der Waals surface area contributed by atoms with Gasteiger partial charge in [-0.25, -0.2) is 0 Å². The molecular formula is C17H17NO2. The number of hydrogen-bond donors (Lipinski definition) is 2. The number of benzene rings is 2. The van der Waals surface area contributed by atoms with Crippen LogP contribution in [0.15, 0.2) is 48.5 Å². The van der Waals surface area contributed by atoms with E-state index in [1.54, 1.807) is 0 Å². The van der Waals surface area contributed by atoms with Gasteiger partial charge in [0.05, 0.1) is 6.10 Å². The molecule has 0 saturated heterocycles. The first kappa shape index (κ1) is 12.9. The van der Waals surface area contributed by atoms with Crippen LogP contribution in [0.4, 0.5) is 0 Å². The highest BCUT2D eigenvalue weighted by molar-refractivity contribution is 5.96. The molecule has 1 unspecified atom stereocenters. The Bertz CT molecular complexity index is 622. The van der Waals surface area contributed by atoms with E-state index in [0.29, 0.717) is 18.5 Å². The monoisotopic (exact) mass is 267 g/mol. The fraction of sp³-hybridized carbons (Fsp3) is 0.235. The molecule has 1 amide bonds. The molecule has 2 N–H and O–H groups in total. The van der Waals surface area contributed by atoms with Crippen LogP contribution in [0, 0.1) is 0 Å². The lowest BCUT2D eigenvalue weighted by molar-refractivity contribution is 0.0945. The Kier molecular flexibility index (Phi) is 3.52. The molecule has 0 spiro atoms. The van der Waals surface area contributed by atoms with E-state index in [1.165, 1.54) is 0 Å². The molecule has 0 aliphatic carbocycles. The van der Waals surface area contributed by atoms with Crippen LogP contribution in [0.5, 0.6) is 0 Å². The molecule has 3 rings (SSSR count). The maximum absolute atomic E-state index is 11.8. The zero-order chi connectivity index (χ0) is 13.9. The number of nitrogens with one attached hydrogen (secondary N) is 1. The van der Waals surface area contributed by atoms with Gasteiger partial charge < -0.3 is 10.4 Å². The Hall–Kier alpha value is -2.13. The zero-order valence-corrected chi connectivity index (χ0v) is 11.2. The Balaban J connectivity index is 1.83. The number of rotatable bonds is 3. The Labute approximate surface area is 118 Å². The summed E-state index contributed by atoms with van der Waals surface area (Å²) in [7, 11) is 0. The average molecular weight is 267 g/mol. The second-order valence-electron chi connectivity index (χ2n) is 5.13. The van der Waals surface area contributed by atoms with Gasteiger partial charge in [-0.3, -0.25) is 4.79 Å². The van der Waals surface area contributed by atoms with Crippen LogP contribution in [0.25, 0.3) is 0 Å². The van der Waals surface area contributed by atoms with E-state index >= 15 is 0 Å². The first-order valence-corrected chi connectivity index (χ1v) is 6.87. The van der Waals surface area contributed by atoms with Crippen molar-refractivity contribution in [1.82, 2.24) is 5.32 Å². The molecule has 3 nitrogen and oxygen atoms in total. The van der Waals surface area contributed by atoms with Crippen LogP contribution in [0.2, 0.25) is 0 Å². The number of amides is 1. The maximum atomic E-state index is 11.8. The van der Waals surface area contributed by atoms with Crippen LogP contribution in [-0.2, 0) is 12.8 Å². The number of fused-ring (bicyclic) bond motifs is 1. The molecule has 1 atom stereocenters. The zero-order valence-electron chi connectivity index (χ0n) is 11.2. The van der Waals surface area contributed by atoms with Gasteiger partial charge in [0, 0.05) is 18.5 Å². The molecule has 2 aromatic carbocycles. The Morgan fingerprint density at radius 1 is 1.15 bits per heavy atom. The first-order chi connectivity index (χ1) is 9.74. The molecule has 1 aliphatic heterocycles. The lowest BCUT2D eigenvalue weighted by Crippen LogP contribution is -2.31. The summed E-state index contributed by atoms with van der Waals surface area (Å²) >= 11 is 0. The summed E-state index contributed by atoms with van der Waals surface area (Å²) < 4.78 is 0. The molecule has 0 radical (unpaired) electrons. The summed E-state index contributed by atoms with van der Waals surface area (Å²) in [5.41, 5.74) is 3.64. The van der Waals surface area contributed by atoms with Gasteiger partial charge in [-0.05, 0) is 29.2 Å². The summed E-state index contributed by atoms with van der Waals surface area (Å²) in [5, 5.41) is 13.2. The van der Waals surface area contributed by atoms with Crippen LogP contribution >= 0.6 is 0 Å². The molecule has 2 aromatic rings. The van der Waals surface area contributed by atoms with E-state index in [1.807, 2.05) is 48.5 Å². The van der Waals surface area contributed by atoms with Crippen molar-refractivity contribution in [1.29, 1.82) is 0 Å². The molecule has 3 heteroatoms. The Morgan fingerprint density at radius 3 is 2.75 bits per heavy atom. The van der Waals surface area contributed by atoms with Gasteiger partial charge in [0.1, 0.15) is 0 Å². The van der Waals surface area contributed by atoms with Gasteiger partial charge in [-0.2, -0.15) is 0 Å². The minimum Gasteiger partial charge on any atom is -0.388 e. The van der Waals surface area contributed by atoms with Crippen LogP contribution < -0.4 is 5.32 Å². The van der Waals surface area contributed by atoms with E-state index in [4.69, 9.17) is 0 Å². The van der Waals surface area contributed by atoms with Crippen molar-refractivity contribution < 1.29 is 9.90 Å². The normalized spacial score (nSPS) is 15.3. The minimum atomic E-state index is -0.586. The standard InChI is InChI=1S/C17H17NO2/c19-16(10-12-4-2-1-3-5-12)14-7-6-13-8-9-18-17(20)15(13)11-14/h1-7,11,16,19H,8-10H2,(H,18,20). The highest BCUT2D eigenvalue weighted by Crippen LogP contribution is 2.23. The summed E-state index contributed by atoms with van der Waals surface area (Å²) in [4.78, 5) is 11.8. The smallest absolute Gasteiger partial charge is 0.251 e. The maximum Gasteiger partial charge on any atom is 0.251 e. The van der Waals surface area contributed by atoms with E-state index in [0.717, 1.165) is 23.1 Å². The lowest BCUT2D eigenvalue weighted by Gasteiger charge is -2.19. The van der Waals surface area contributed by atoms with E-state index in [2.05, 4.69) is 5.32 Å². The quantitative estimate of drug-likeness (QED) is 0.896. The molecule has 1 aliphatic rings. The van der Waals surface area contributed by atoms with Crippen LogP contribution in [0.3, 0.4) is 0 Å². The molecule has 0 aromatic heterocycles. The van der Waals surface area contributed by atoms with E-state index in [-0.39, 0.29) is 5.91 Å². The molecule has 0 fully saturated rings. The molecule has 0 saturated carbocycles. The number of carbonyl (C=O) groups excluding carboxylic acids is 1. The van der Waals surface area contributed by atoms with Gasteiger partial charge in [0.2, 0.25) is 0 Å². The van der Waals surface area contributed by atoms with Gasteiger partial charge in [-0.1, -0.05) is 42.5 Å². The summed E-state index contributed by atoms with van der Waals surface area (Å²) in [6, 6.07) is 15.6. The SMILES string of the molecule is O=C1NCCc2ccc(C(O)Cc3ccccc3)cc21. The number of hydrogen-bond acceptors (Lipinski definition) is 2.